The second-order valence-corrected chi connectivity index (χ2v) is 8.59. The molecule has 0 aliphatic heterocycles. The number of rotatable bonds is 5. The van der Waals surface area contributed by atoms with Crippen LogP contribution in [0, 0.1) is 24.1 Å². The van der Waals surface area contributed by atoms with Gasteiger partial charge in [-0.1, -0.05) is 29.8 Å². The maximum absolute atomic E-state index is 14.9. The lowest BCUT2D eigenvalue weighted by Crippen LogP contribution is -1.97. The molecule has 31 heavy (non-hydrogen) atoms. The van der Waals surface area contributed by atoms with Crippen LogP contribution in [0.1, 0.15) is 31.4 Å². The summed E-state index contributed by atoms with van der Waals surface area (Å²) in [6.07, 6.45) is 5.20. The lowest BCUT2D eigenvalue weighted by atomic mass is 10.0. The summed E-state index contributed by atoms with van der Waals surface area (Å²) < 4.78 is 16.7. The Labute approximate surface area is 186 Å². The molecule has 4 aromatic rings. The number of fused-ring (bicyclic) bond motifs is 1. The summed E-state index contributed by atoms with van der Waals surface area (Å²) in [5.41, 5.74) is 2.05. The van der Waals surface area contributed by atoms with Crippen molar-refractivity contribution < 1.29 is 14.3 Å². The summed E-state index contributed by atoms with van der Waals surface area (Å²) in [4.78, 5) is 16.3. The number of allylic oxidation sites excluding steroid dienone is 1. The molecule has 0 fully saturated rings. The molecule has 0 bridgehead atoms. The number of carbonyl (C=O) groups is 1. The lowest BCUT2D eigenvalue weighted by molar-refractivity contribution is 0.0697. The molecule has 5 nitrogen and oxygen atoms in total. The van der Waals surface area contributed by atoms with Gasteiger partial charge in [0, 0.05) is 28.2 Å². The third-order valence-corrected chi connectivity index (χ3v) is 6.01. The van der Waals surface area contributed by atoms with Gasteiger partial charge in [0.1, 0.15) is 0 Å². The molecule has 0 spiro atoms. The first-order valence-corrected chi connectivity index (χ1v) is 10.4. The first-order valence-electron chi connectivity index (χ1n) is 9.21. The fourth-order valence-electron chi connectivity index (χ4n) is 3.37. The van der Waals surface area contributed by atoms with Crippen LogP contribution in [-0.2, 0) is 6.54 Å². The molecule has 1 N–H and O–H groups in total. The molecule has 0 amide bonds. The van der Waals surface area contributed by atoms with Crippen LogP contribution in [0.15, 0.2) is 48.8 Å². The molecule has 0 radical (unpaired) electrons. The Kier molecular flexibility index (Phi) is 5.59. The molecule has 0 aliphatic rings. The molecule has 2 heterocycles. The Morgan fingerprint density at radius 3 is 2.61 bits per heavy atom. The number of benzene rings is 2. The van der Waals surface area contributed by atoms with Crippen molar-refractivity contribution in [3.8, 4) is 6.07 Å². The number of nitriles is 1. The average molecular weight is 452 g/mol. The van der Waals surface area contributed by atoms with Crippen molar-refractivity contribution in [2.24, 2.45) is 0 Å². The fourth-order valence-corrected chi connectivity index (χ4v) is 4.32. The Balaban J connectivity index is 1.83. The van der Waals surface area contributed by atoms with Crippen LogP contribution >= 0.6 is 22.9 Å². The largest absolute Gasteiger partial charge is 0.478 e. The molecular weight excluding hydrogens is 437 g/mol. The van der Waals surface area contributed by atoms with E-state index in [0.717, 1.165) is 9.88 Å². The fraction of sp³-hybridized carbons (Fsp3) is 0.0870. The highest BCUT2D eigenvalue weighted by atomic mass is 35.5. The maximum Gasteiger partial charge on any atom is 0.335 e. The van der Waals surface area contributed by atoms with E-state index in [1.807, 2.05) is 6.92 Å². The predicted octanol–water partition coefficient (Wildman–Crippen LogP) is 6.01. The minimum Gasteiger partial charge on any atom is -0.478 e. The van der Waals surface area contributed by atoms with Crippen LogP contribution in [-0.4, -0.2) is 20.6 Å². The number of carboxylic acids is 1. The first-order chi connectivity index (χ1) is 14.9. The minimum absolute atomic E-state index is 0.0210. The molecule has 0 saturated carbocycles. The lowest BCUT2D eigenvalue weighted by Gasteiger charge is -2.04. The quantitative estimate of drug-likeness (QED) is 0.377. The Morgan fingerprint density at radius 2 is 2.00 bits per heavy atom. The Bertz CT molecular complexity index is 1380. The van der Waals surface area contributed by atoms with Gasteiger partial charge in [-0.25, -0.2) is 14.2 Å². The van der Waals surface area contributed by atoms with E-state index in [-0.39, 0.29) is 10.6 Å². The molecule has 0 saturated heterocycles. The number of thiazole rings is 1. The summed E-state index contributed by atoms with van der Waals surface area (Å²) in [7, 11) is 0. The molecule has 2 aromatic heterocycles. The normalized spacial score (nSPS) is 11.6. The van der Waals surface area contributed by atoms with Crippen LogP contribution in [0.5, 0.6) is 0 Å². The van der Waals surface area contributed by atoms with Crippen LogP contribution in [0.4, 0.5) is 4.39 Å². The number of aryl methyl sites for hydroxylation is 1. The zero-order chi connectivity index (χ0) is 22.1. The van der Waals surface area contributed by atoms with E-state index in [2.05, 4.69) is 11.1 Å². The molecule has 2 aromatic carbocycles. The van der Waals surface area contributed by atoms with E-state index in [1.54, 1.807) is 41.2 Å². The molecular formula is C23H15ClFN3O2S. The number of halogens is 2. The minimum atomic E-state index is -1.04. The van der Waals surface area contributed by atoms with E-state index in [0.29, 0.717) is 34.1 Å². The van der Waals surface area contributed by atoms with E-state index in [9.17, 15) is 14.4 Å². The van der Waals surface area contributed by atoms with Gasteiger partial charge in [-0.3, -0.25) is 0 Å². The molecule has 0 aliphatic carbocycles. The van der Waals surface area contributed by atoms with Gasteiger partial charge in [0.15, 0.2) is 5.82 Å². The summed E-state index contributed by atoms with van der Waals surface area (Å²) in [6.45, 7) is 2.32. The monoisotopic (exact) mass is 451 g/mol. The van der Waals surface area contributed by atoms with E-state index < -0.39 is 11.8 Å². The Hall–Kier alpha value is -3.47. The zero-order valence-electron chi connectivity index (χ0n) is 16.3. The van der Waals surface area contributed by atoms with Crippen molar-refractivity contribution in [1.29, 1.82) is 5.26 Å². The highest BCUT2D eigenvalue weighted by Crippen LogP contribution is 2.32. The first kappa shape index (κ1) is 20.8. The van der Waals surface area contributed by atoms with Gasteiger partial charge < -0.3 is 9.67 Å². The van der Waals surface area contributed by atoms with Gasteiger partial charge in [-0.05, 0) is 36.8 Å². The van der Waals surface area contributed by atoms with Crippen molar-refractivity contribution >= 4 is 51.5 Å². The van der Waals surface area contributed by atoms with Crippen molar-refractivity contribution in [2.75, 3.05) is 0 Å². The van der Waals surface area contributed by atoms with Gasteiger partial charge in [-0.15, -0.1) is 11.3 Å². The maximum atomic E-state index is 14.9. The van der Waals surface area contributed by atoms with Gasteiger partial charge in [0.2, 0.25) is 0 Å². The van der Waals surface area contributed by atoms with Gasteiger partial charge in [0.05, 0.1) is 39.3 Å². The van der Waals surface area contributed by atoms with Crippen molar-refractivity contribution in [3.05, 3.63) is 86.2 Å². The Morgan fingerprint density at radius 1 is 1.29 bits per heavy atom. The average Bonchev–Trinajstić information content (AvgIpc) is 3.32. The third-order valence-electron chi connectivity index (χ3n) is 4.82. The van der Waals surface area contributed by atoms with E-state index in [4.69, 9.17) is 16.7 Å². The summed E-state index contributed by atoms with van der Waals surface area (Å²) in [6, 6.07) is 11.4. The van der Waals surface area contributed by atoms with Crippen molar-refractivity contribution in [2.45, 2.75) is 13.5 Å². The van der Waals surface area contributed by atoms with E-state index in [1.165, 1.54) is 29.5 Å². The number of aromatic carboxylic acids is 1. The van der Waals surface area contributed by atoms with Gasteiger partial charge >= 0.3 is 5.97 Å². The molecule has 0 atom stereocenters. The molecule has 8 heteroatoms. The standard InChI is InChI=1S/C23H15ClFN3O2S/c1-13-27-10-18(31-13)12-28-11-17(19-6-7-20(24)21(25)22(19)28)8-16(9-26)14-2-4-15(5-3-14)23(29)30/h2-8,10-11H,12H2,1H3,(H,29,30)/b16-8+. The third kappa shape index (κ3) is 4.08. The second-order valence-electron chi connectivity index (χ2n) is 6.87. The van der Waals surface area contributed by atoms with E-state index >= 15 is 0 Å². The van der Waals surface area contributed by atoms with Crippen LogP contribution in [0.25, 0.3) is 22.6 Å². The highest BCUT2D eigenvalue weighted by Gasteiger charge is 2.16. The van der Waals surface area contributed by atoms with Crippen LogP contribution < -0.4 is 0 Å². The molecule has 0 unspecified atom stereocenters. The molecule has 4 rings (SSSR count). The molecule has 154 valence electrons. The SMILES string of the molecule is Cc1ncc(Cn2cc(/C=C(\C#N)c3ccc(C(=O)O)cc3)c3ccc(Cl)c(F)c32)s1. The van der Waals surface area contributed by atoms with Crippen molar-refractivity contribution in [3.63, 3.8) is 0 Å². The summed E-state index contributed by atoms with van der Waals surface area (Å²) in [5.74, 6) is -1.56. The van der Waals surface area contributed by atoms with Crippen molar-refractivity contribution in [1.82, 2.24) is 9.55 Å². The summed E-state index contributed by atoms with van der Waals surface area (Å²) in [5, 5.41) is 20.3. The topological polar surface area (TPSA) is 78.9 Å². The highest BCUT2D eigenvalue weighted by molar-refractivity contribution is 7.11. The number of aromatic nitrogens is 2. The number of hydrogen-bond acceptors (Lipinski definition) is 4. The summed E-state index contributed by atoms with van der Waals surface area (Å²) >= 11 is 7.56. The van der Waals surface area contributed by atoms with Crippen LogP contribution in [0.3, 0.4) is 0 Å². The smallest absolute Gasteiger partial charge is 0.335 e. The van der Waals surface area contributed by atoms with Crippen LogP contribution in [0.2, 0.25) is 5.02 Å². The zero-order valence-corrected chi connectivity index (χ0v) is 17.8. The second kappa shape index (κ2) is 8.34. The predicted molar refractivity (Wildman–Crippen MR) is 120 cm³/mol. The number of hydrogen-bond donors (Lipinski definition) is 1. The van der Waals surface area contributed by atoms with Gasteiger partial charge in [-0.2, -0.15) is 5.26 Å². The number of carboxylic acid groups (broad SMARTS) is 1. The van der Waals surface area contributed by atoms with Gasteiger partial charge in [0.25, 0.3) is 0 Å². The number of nitrogens with zero attached hydrogens (tertiary/aromatic N) is 3.